The Balaban J connectivity index is 2.19. The Morgan fingerprint density at radius 2 is 1.67 bits per heavy atom. The van der Waals surface area contributed by atoms with Gasteiger partial charge in [-0.05, 0) is 35.9 Å². The van der Waals surface area contributed by atoms with Gasteiger partial charge in [-0.2, -0.15) is 0 Å². The third-order valence-electron chi connectivity index (χ3n) is 3.25. The van der Waals surface area contributed by atoms with Crippen LogP contribution in [0.15, 0.2) is 48.5 Å². The topological polar surface area (TPSA) is 83.6 Å². The number of nitrogens with one attached hydrogen (secondary N) is 1. The van der Waals surface area contributed by atoms with Crippen LogP contribution >= 0.6 is 11.6 Å². The highest BCUT2D eigenvalue weighted by Crippen LogP contribution is 2.22. The smallest absolute Gasteiger partial charge is 0.236 e. The summed E-state index contributed by atoms with van der Waals surface area (Å²) in [6.07, 6.45) is 1.07. The van der Waals surface area contributed by atoms with Crippen LogP contribution in [-0.4, -0.2) is 30.1 Å². The van der Waals surface area contributed by atoms with Crippen LogP contribution in [0.4, 0.5) is 11.4 Å². The largest absolute Gasteiger partial charge is 0.283 e. The molecule has 6 nitrogen and oxygen atoms in total. The van der Waals surface area contributed by atoms with Crippen molar-refractivity contribution in [1.82, 2.24) is 0 Å². The molecule has 0 aromatic heterocycles. The van der Waals surface area contributed by atoms with Gasteiger partial charge >= 0.3 is 0 Å². The molecule has 0 saturated heterocycles. The zero-order valence-electron chi connectivity index (χ0n) is 13.1. The minimum atomic E-state index is -3.64. The molecule has 0 heterocycles. The molecular weight excluding hydrogens is 372 g/mol. The summed E-state index contributed by atoms with van der Waals surface area (Å²) in [6.45, 7) is 0. The second kappa shape index (κ2) is 7.00. The molecule has 2 aromatic carbocycles. The highest BCUT2D eigenvalue weighted by atomic mass is 35.5. The summed E-state index contributed by atoms with van der Waals surface area (Å²) in [5, 5.41) is 0.528. The monoisotopic (exact) mass is 388 g/mol. The molecule has 130 valence electrons. The SMILES string of the molecule is CN(c1cccc(NS(=O)(=O)Cc2ccc(Cl)cc2)c1)S(C)(=O)=O. The summed E-state index contributed by atoms with van der Waals surface area (Å²) in [5.41, 5.74) is 1.25. The highest BCUT2D eigenvalue weighted by molar-refractivity contribution is 7.92. The predicted octanol–water partition coefficient (Wildman–Crippen LogP) is 2.68. The van der Waals surface area contributed by atoms with Gasteiger partial charge in [0.2, 0.25) is 20.0 Å². The number of hydrogen-bond donors (Lipinski definition) is 1. The maximum absolute atomic E-state index is 12.3. The number of rotatable bonds is 6. The second-order valence-corrected chi connectivity index (χ2v) is 9.44. The van der Waals surface area contributed by atoms with Gasteiger partial charge in [-0.1, -0.05) is 29.8 Å². The fraction of sp³-hybridized carbons (Fsp3) is 0.200. The van der Waals surface area contributed by atoms with Crippen molar-refractivity contribution in [1.29, 1.82) is 0 Å². The van der Waals surface area contributed by atoms with Gasteiger partial charge in [0.05, 0.1) is 23.4 Å². The van der Waals surface area contributed by atoms with E-state index in [1.807, 2.05) is 0 Å². The molecule has 0 unspecified atom stereocenters. The van der Waals surface area contributed by atoms with E-state index in [0.29, 0.717) is 16.3 Å². The van der Waals surface area contributed by atoms with Crippen LogP contribution in [0.25, 0.3) is 0 Å². The summed E-state index contributed by atoms with van der Waals surface area (Å²) >= 11 is 5.78. The summed E-state index contributed by atoms with van der Waals surface area (Å²) in [5.74, 6) is -0.212. The maximum Gasteiger partial charge on any atom is 0.236 e. The molecule has 9 heteroatoms. The van der Waals surface area contributed by atoms with E-state index in [0.717, 1.165) is 10.6 Å². The van der Waals surface area contributed by atoms with E-state index in [1.165, 1.54) is 13.1 Å². The Morgan fingerprint density at radius 1 is 1.04 bits per heavy atom. The number of hydrogen-bond acceptors (Lipinski definition) is 4. The van der Waals surface area contributed by atoms with Crippen molar-refractivity contribution in [2.75, 3.05) is 22.3 Å². The van der Waals surface area contributed by atoms with E-state index in [1.54, 1.807) is 42.5 Å². The standard InChI is InChI=1S/C15H17ClN2O4S2/c1-18(23(2,19)20)15-5-3-4-14(10-15)17-24(21,22)11-12-6-8-13(16)9-7-12/h3-10,17H,11H2,1-2H3. The van der Waals surface area contributed by atoms with Gasteiger partial charge < -0.3 is 0 Å². The van der Waals surface area contributed by atoms with E-state index in [4.69, 9.17) is 11.6 Å². The van der Waals surface area contributed by atoms with Gasteiger partial charge in [-0.15, -0.1) is 0 Å². The number of anilines is 2. The van der Waals surface area contributed by atoms with Crippen molar-refractivity contribution in [3.05, 3.63) is 59.1 Å². The molecule has 0 aliphatic heterocycles. The van der Waals surface area contributed by atoms with Crippen LogP contribution in [-0.2, 0) is 25.8 Å². The Hall–Kier alpha value is -1.77. The molecule has 0 aliphatic carbocycles. The average Bonchev–Trinajstić information content (AvgIpc) is 2.47. The minimum absolute atomic E-state index is 0.212. The molecule has 0 atom stereocenters. The molecule has 0 spiro atoms. The lowest BCUT2D eigenvalue weighted by Crippen LogP contribution is -2.25. The van der Waals surface area contributed by atoms with Crippen molar-refractivity contribution in [2.24, 2.45) is 0 Å². The number of nitrogens with zero attached hydrogens (tertiary/aromatic N) is 1. The molecule has 0 bridgehead atoms. The molecule has 0 radical (unpaired) electrons. The van der Waals surface area contributed by atoms with Crippen LogP contribution < -0.4 is 9.03 Å². The molecule has 24 heavy (non-hydrogen) atoms. The van der Waals surface area contributed by atoms with Crippen LogP contribution in [0.3, 0.4) is 0 Å². The van der Waals surface area contributed by atoms with Gasteiger partial charge in [0.1, 0.15) is 0 Å². The van der Waals surface area contributed by atoms with Crippen molar-refractivity contribution in [3.63, 3.8) is 0 Å². The first-order valence-electron chi connectivity index (χ1n) is 6.86. The van der Waals surface area contributed by atoms with Crippen molar-refractivity contribution in [3.8, 4) is 0 Å². The molecule has 0 aliphatic rings. The van der Waals surface area contributed by atoms with Crippen LogP contribution in [0.1, 0.15) is 5.56 Å². The Bertz CT molecular complexity index is 926. The first-order valence-corrected chi connectivity index (χ1v) is 10.7. The first-order chi connectivity index (χ1) is 11.1. The molecule has 2 rings (SSSR count). The molecule has 0 saturated carbocycles. The van der Waals surface area contributed by atoms with Crippen molar-refractivity contribution in [2.45, 2.75) is 5.75 Å². The zero-order chi connectivity index (χ0) is 18.0. The minimum Gasteiger partial charge on any atom is -0.283 e. The van der Waals surface area contributed by atoms with Gasteiger partial charge in [-0.3, -0.25) is 9.03 Å². The van der Waals surface area contributed by atoms with Crippen LogP contribution in [0.2, 0.25) is 5.02 Å². The fourth-order valence-corrected chi connectivity index (χ4v) is 3.78. The number of benzene rings is 2. The van der Waals surface area contributed by atoms with Gasteiger partial charge in [-0.25, -0.2) is 16.8 Å². The molecule has 1 N–H and O–H groups in total. The summed E-state index contributed by atoms with van der Waals surface area (Å²) in [6, 6.07) is 12.7. The molecule has 0 fully saturated rings. The average molecular weight is 389 g/mol. The lowest BCUT2D eigenvalue weighted by molar-refractivity contribution is 0.599. The summed E-state index contributed by atoms with van der Waals surface area (Å²) < 4.78 is 51.2. The Morgan fingerprint density at radius 3 is 2.25 bits per heavy atom. The number of halogens is 1. The highest BCUT2D eigenvalue weighted by Gasteiger charge is 2.15. The normalized spacial score (nSPS) is 12.0. The van der Waals surface area contributed by atoms with Gasteiger partial charge in [0.25, 0.3) is 0 Å². The van der Waals surface area contributed by atoms with E-state index in [9.17, 15) is 16.8 Å². The van der Waals surface area contributed by atoms with Crippen LogP contribution in [0.5, 0.6) is 0 Å². The van der Waals surface area contributed by atoms with E-state index in [2.05, 4.69) is 4.72 Å². The lowest BCUT2D eigenvalue weighted by atomic mass is 10.2. The van der Waals surface area contributed by atoms with Gasteiger partial charge in [0.15, 0.2) is 0 Å². The van der Waals surface area contributed by atoms with Crippen molar-refractivity contribution < 1.29 is 16.8 Å². The molecule has 2 aromatic rings. The Labute approximate surface area is 147 Å². The third-order valence-corrected chi connectivity index (χ3v) is 5.97. The number of sulfonamides is 2. The molecule has 0 amide bonds. The zero-order valence-corrected chi connectivity index (χ0v) is 15.5. The van der Waals surface area contributed by atoms with Gasteiger partial charge in [0, 0.05) is 12.1 Å². The maximum atomic E-state index is 12.3. The Kier molecular flexibility index (Phi) is 5.42. The fourth-order valence-electron chi connectivity index (χ4n) is 1.97. The van der Waals surface area contributed by atoms with Crippen molar-refractivity contribution >= 4 is 43.0 Å². The van der Waals surface area contributed by atoms with E-state index >= 15 is 0 Å². The summed E-state index contributed by atoms with van der Waals surface area (Å²) in [4.78, 5) is 0. The van der Waals surface area contributed by atoms with E-state index in [-0.39, 0.29) is 11.4 Å². The quantitative estimate of drug-likeness (QED) is 0.824. The summed E-state index contributed by atoms with van der Waals surface area (Å²) in [7, 11) is -5.67. The molecular formula is C15H17ClN2O4S2. The second-order valence-electron chi connectivity index (χ2n) is 5.27. The predicted molar refractivity (Wildman–Crippen MR) is 97.4 cm³/mol. The lowest BCUT2D eigenvalue weighted by Gasteiger charge is -2.17. The van der Waals surface area contributed by atoms with Crippen LogP contribution in [0, 0.1) is 0 Å². The van der Waals surface area contributed by atoms with E-state index < -0.39 is 20.0 Å². The third kappa shape index (κ3) is 5.12. The first kappa shape index (κ1) is 18.6.